The average Bonchev–Trinajstić information content (AvgIpc) is 2.79. The van der Waals surface area contributed by atoms with Crippen LogP contribution >= 0.6 is 11.8 Å². The topological polar surface area (TPSA) is 50.7 Å². The van der Waals surface area contributed by atoms with Crippen molar-refractivity contribution in [2.75, 3.05) is 5.75 Å². The van der Waals surface area contributed by atoms with Gasteiger partial charge >= 0.3 is 0 Å². The predicted molar refractivity (Wildman–Crippen MR) is 73.2 cm³/mol. The number of rotatable bonds is 0. The molecule has 1 aliphatic rings. The van der Waals surface area contributed by atoms with Gasteiger partial charge in [-0.1, -0.05) is 30.0 Å². The Hall–Kier alpha value is -1.75. The van der Waals surface area contributed by atoms with Crippen molar-refractivity contribution in [1.29, 1.82) is 0 Å². The lowest BCUT2D eigenvalue weighted by molar-refractivity contribution is 0.571. The Bertz CT molecular complexity index is 818. The largest absolute Gasteiger partial charge is 0.349 e. The van der Waals surface area contributed by atoms with Gasteiger partial charge in [0, 0.05) is 23.2 Å². The summed E-state index contributed by atoms with van der Waals surface area (Å²) in [4.78, 5) is 20.3. The number of aromatic nitrogens is 3. The third-order valence-corrected chi connectivity index (χ3v) is 4.40. The average molecular weight is 257 g/mol. The number of hydrogen-bond donors (Lipinski definition) is 1. The monoisotopic (exact) mass is 257 g/mol. The van der Waals surface area contributed by atoms with E-state index < -0.39 is 0 Å². The summed E-state index contributed by atoms with van der Waals surface area (Å²) < 4.78 is 1.78. The summed E-state index contributed by atoms with van der Waals surface area (Å²) >= 11 is 1.67. The van der Waals surface area contributed by atoms with Gasteiger partial charge in [0.05, 0.1) is 0 Å². The zero-order valence-electron chi connectivity index (χ0n) is 9.64. The van der Waals surface area contributed by atoms with Gasteiger partial charge in [-0.25, -0.2) is 4.98 Å². The van der Waals surface area contributed by atoms with Crippen LogP contribution in [0, 0.1) is 0 Å². The highest BCUT2D eigenvalue weighted by molar-refractivity contribution is 7.99. The number of nitrogens with zero attached hydrogens (tertiary/aromatic N) is 2. The molecule has 90 valence electrons. The Balaban J connectivity index is 2.21. The SMILES string of the molecule is O=c1c2[nH]c3ccccc3c2nc2n1CCCS2. The van der Waals surface area contributed by atoms with Crippen LogP contribution in [0.2, 0.25) is 0 Å². The summed E-state index contributed by atoms with van der Waals surface area (Å²) in [5.74, 6) is 1.04. The van der Waals surface area contributed by atoms with Crippen molar-refractivity contribution in [1.82, 2.24) is 14.5 Å². The maximum Gasteiger partial charge on any atom is 0.278 e. The van der Waals surface area contributed by atoms with Crippen molar-refractivity contribution in [3.8, 4) is 0 Å². The van der Waals surface area contributed by atoms with Crippen molar-refractivity contribution in [2.24, 2.45) is 0 Å². The molecule has 3 heterocycles. The number of hydrogen-bond acceptors (Lipinski definition) is 3. The molecule has 3 aromatic rings. The van der Waals surface area contributed by atoms with Crippen LogP contribution < -0.4 is 5.56 Å². The standard InChI is InChI=1S/C13H11N3OS/c17-12-11-10(8-4-1-2-5-9(8)14-11)15-13-16(12)6-3-7-18-13/h1-2,4-5,14H,3,6-7H2. The fraction of sp³-hybridized carbons (Fsp3) is 0.231. The molecule has 0 aliphatic carbocycles. The van der Waals surface area contributed by atoms with Gasteiger partial charge in [0.25, 0.3) is 5.56 Å². The van der Waals surface area contributed by atoms with Crippen LogP contribution in [0.1, 0.15) is 6.42 Å². The molecule has 1 aromatic carbocycles. The van der Waals surface area contributed by atoms with E-state index >= 15 is 0 Å². The number of aromatic amines is 1. The molecule has 0 saturated heterocycles. The van der Waals surface area contributed by atoms with Gasteiger partial charge in [0.1, 0.15) is 11.0 Å². The van der Waals surface area contributed by atoms with Crippen LogP contribution in [0.3, 0.4) is 0 Å². The van der Waals surface area contributed by atoms with Crippen molar-refractivity contribution in [3.05, 3.63) is 34.6 Å². The molecule has 0 radical (unpaired) electrons. The highest BCUT2D eigenvalue weighted by Gasteiger charge is 2.17. The van der Waals surface area contributed by atoms with E-state index in [9.17, 15) is 4.79 Å². The smallest absolute Gasteiger partial charge is 0.278 e. The molecule has 5 heteroatoms. The van der Waals surface area contributed by atoms with Crippen LogP contribution in [0.4, 0.5) is 0 Å². The predicted octanol–water partition coefficient (Wildman–Crippen LogP) is 2.37. The molecule has 0 atom stereocenters. The number of H-pyrrole nitrogens is 1. The quantitative estimate of drug-likeness (QED) is 0.629. The summed E-state index contributed by atoms with van der Waals surface area (Å²) in [7, 11) is 0. The van der Waals surface area contributed by atoms with Crippen LogP contribution in [0.15, 0.2) is 34.2 Å². The second-order valence-electron chi connectivity index (χ2n) is 4.45. The van der Waals surface area contributed by atoms with Crippen LogP contribution in [-0.2, 0) is 6.54 Å². The molecule has 4 rings (SSSR count). The number of para-hydroxylation sites is 1. The second kappa shape index (κ2) is 3.62. The lowest BCUT2D eigenvalue weighted by atomic mass is 10.2. The first-order valence-electron chi connectivity index (χ1n) is 5.98. The van der Waals surface area contributed by atoms with E-state index in [4.69, 9.17) is 0 Å². The fourth-order valence-electron chi connectivity index (χ4n) is 2.47. The van der Waals surface area contributed by atoms with Gasteiger partial charge in [-0.15, -0.1) is 0 Å². The Labute approximate surface area is 107 Å². The highest BCUT2D eigenvalue weighted by atomic mass is 32.2. The van der Waals surface area contributed by atoms with Crippen LogP contribution in [0.5, 0.6) is 0 Å². The number of fused-ring (bicyclic) bond motifs is 4. The van der Waals surface area contributed by atoms with E-state index in [0.717, 1.165) is 40.3 Å². The third-order valence-electron chi connectivity index (χ3n) is 3.33. The first-order chi connectivity index (χ1) is 8.84. The fourth-order valence-corrected chi connectivity index (χ4v) is 3.41. The van der Waals surface area contributed by atoms with Crippen molar-refractivity contribution >= 4 is 33.7 Å². The summed E-state index contributed by atoms with van der Waals surface area (Å²) in [6.45, 7) is 0.777. The van der Waals surface area contributed by atoms with Crippen molar-refractivity contribution in [2.45, 2.75) is 18.1 Å². The molecule has 0 bridgehead atoms. The van der Waals surface area contributed by atoms with Gasteiger partial charge in [-0.3, -0.25) is 9.36 Å². The van der Waals surface area contributed by atoms with E-state index in [-0.39, 0.29) is 5.56 Å². The summed E-state index contributed by atoms with van der Waals surface area (Å²) in [6, 6.07) is 7.92. The molecular weight excluding hydrogens is 246 g/mol. The van der Waals surface area contributed by atoms with Crippen molar-refractivity contribution in [3.63, 3.8) is 0 Å². The summed E-state index contributed by atoms with van der Waals surface area (Å²) in [6.07, 6.45) is 1.03. The lowest BCUT2D eigenvalue weighted by Crippen LogP contribution is -2.26. The molecule has 1 aliphatic heterocycles. The Morgan fingerprint density at radius 3 is 3.17 bits per heavy atom. The molecular formula is C13H11N3OS. The Morgan fingerprint density at radius 1 is 1.33 bits per heavy atom. The second-order valence-corrected chi connectivity index (χ2v) is 5.51. The van der Waals surface area contributed by atoms with Gasteiger partial charge in [0.15, 0.2) is 5.16 Å². The zero-order chi connectivity index (χ0) is 12.1. The van der Waals surface area contributed by atoms with Gasteiger partial charge in [0.2, 0.25) is 0 Å². The van der Waals surface area contributed by atoms with E-state index in [2.05, 4.69) is 9.97 Å². The van der Waals surface area contributed by atoms with Gasteiger partial charge in [-0.05, 0) is 12.5 Å². The molecule has 0 spiro atoms. The first kappa shape index (κ1) is 10.2. The maximum atomic E-state index is 12.4. The lowest BCUT2D eigenvalue weighted by Gasteiger charge is -2.15. The summed E-state index contributed by atoms with van der Waals surface area (Å²) in [5.41, 5.74) is 2.46. The van der Waals surface area contributed by atoms with Crippen LogP contribution in [0.25, 0.3) is 21.9 Å². The van der Waals surface area contributed by atoms with Gasteiger partial charge in [-0.2, -0.15) is 0 Å². The number of benzene rings is 1. The summed E-state index contributed by atoms with van der Waals surface area (Å²) in [5, 5.41) is 1.88. The first-order valence-corrected chi connectivity index (χ1v) is 6.97. The Kier molecular flexibility index (Phi) is 2.05. The maximum absolute atomic E-state index is 12.4. The molecule has 0 unspecified atom stereocenters. The van der Waals surface area contributed by atoms with E-state index in [0.29, 0.717) is 5.52 Å². The van der Waals surface area contributed by atoms with E-state index in [1.54, 1.807) is 16.3 Å². The minimum Gasteiger partial charge on any atom is -0.349 e. The Morgan fingerprint density at radius 2 is 2.22 bits per heavy atom. The molecule has 4 nitrogen and oxygen atoms in total. The normalized spacial score (nSPS) is 15.1. The van der Waals surface area contributed by atoms with E-state index in [1.807, 2.05) is 24.3 Å². The molecule has 2 aromatic heterocycles. The van der Waals surface area contributed by atoms with E-state index in [1.165, 1.54) is 0 Å². The molecule has 0 amide bonds. The minimum absolute atomic E-state index is 0.0541. The number of thioether (sulfide) groups is 1. The van der Waals surface area contributed by atoms with Crippen LogP contribution in [-0.4, -0.2) is 20.3 Å². The van der Waals surface area contributed by atoms with Crippen molar-refractivity contribution < 1.29 is 0 Å². The molecule has 18 heavy (non-hydrogen) atoms. The zero-order valence-corrected chi connectivity index (χ0v) is 10.5. The highest BCUT2D eigenvalue weighted by Crippen LogP contribution is 2.26. The molecule has 0 fully saturated rings. The third kappa shape index (κ3) is 1.28. The number of nitrogens with one attached hydrogen (secondary N) is 1. The molecule has 0 saturated carbocycles. The van der Waals surface area contributed by atoms with Gasteiger partial charge < -0.3 is 4.98 Å². The minimum atomic E-state index is 0.0541. The molecule has 1 N–H and O–H groups in total.